The van der Waals surface area contributed by atoms with Gasteiger partial charge in [-0.15, -0.1) is 4.72 Å². The Balaban J connectivity index is 1.60. The zero-order chi connectivity index (χ0) is 17.8. The molecule has 1 aliphatic heterocycles. The molecule has 1 fully saturated rings. The average Bonchev–Trinajstić information content (AvgIpc) is 3.31. The predicted molar refractivity (Wildman–Crippen MR) is 99.3 cm³/mol. The van der Waals surface area contributed by atoms with E-state index in [2.05, 4.69) is 32.5 Å². The molecule has 0 amide bonds. The fourth-order valence-electron chi connectivity index (χ4n) is 3.16. The molecular weight excluding hydrogens is 334 g/mol. The number of fused-ring (bicyclic) bond motifs is 3. The van der Waals surface area contributed by atoms with Gasteiger partial charge in [0.25, 0.3) is 0 Å². The van der Waals surface area contributed by atoms with Gasteiger partial charge in [-0.25, -0.2) is 4.98 Å². The van der Waals surface area contributed by atoms with Crippen LogP contribution in [0.2, 0.25) is 0 Å². The van der Waals surface area contributed by atoms with Crippen LogP contribution in [0, 0.1) is 0 Å². The van der Waals surface area contributed by atoms with E-state index >= 15 is 0 Å². The van der Waals surface area contributed by atoms with Gasteiger partial charge in [-0.2, -0.15) is 0 Å². The van der Waals surface area contributed by atoms with Crippen molar-refractivity contribution in [2.75, 3.05) is 0 Å². The Morgan fingerprint density at radius 3 is 2.80 bits per heavy atom. The SMILES string of the molecule is C[C@H](N[S@@+]([O-])C(C)(C)C)c1ncn2c1COc1cc(C3CC3)ccc1-2. The van der Waals surface area contributed by atoms with Gasteiger partial charge in [0.05, 0.1) is 23.1 Å². The predicted octanol–water partition coefficient (Wildman–Crippen LogP) is 3.75. The van der Waals surface area contributed by atoms with Crippen molar-refractivity contribution in [3.63, 3.8) is 0 Å². The zero-order valence-electron chi connectivity index (χ0n) is 15.2. The van der Waals surface area contributed by atoms with Crippen molar-refractivity contribution in [3.8, 4) is 11.4 Å². The molecule has 2 aliphatic rings. The lowest BCUT2D eigenvalue weighted by Gasteiger charge is -2.27. The van der Waals surface area contributed by atoms with Crippen LogP contribution < -0.4 is 9.46 Å². The summed E-state index contributed by atoms with van der Waals surface area (Å²) >= 11 is -1.14. The number of hydrogen-bond acceptors (Lipinski definition) is 4. The minimum absolute atomic E-state index is 0.104. The van der Waals surface area contributed by atoms with Gasteiger partial charge in [-0.05, 0) is 64.2 Å². The molecule has 6 heteroatoms. The first kappa shape index (κ1) is 16.9. The maximum atomic E-state index is 12.4. The first-order chi connectivity index (χ1) is 11.8. The molecule has 25 heavy (non-hydrogen) atoms. The van der Waals surface area contributed by atoms with Gasteiger partial charge in [-0.1, -0.05) is 6.07 Å². The van der Waals surface area contributed by atoms with Crippen LogP contribution in [-0.4, -0.2) is 18.9 Å². The molecule has 1 aromatic carbocycles. The van der Waals surface area contributed by atoms with Crippen LogP contribution in [-0.2, 0) is 18.0 Å². The van der Waals surface area contributed by atoms with Crippen LogP contribution in [0.4, 0.5) is 0 Å². The molecule has 0 unspecified atom stereocenters. The Morgan fingerprint density at radius 2 is 2.12 bits per heavy atom. The van der Waals surface area contributed by atoms with Crippen LogP contribution in [0.3, 0.4) is 0 Å². The molecule has 0 bridgehead atoms. The molecule has 1 saturated carbocycles. The quantitative estimate of drug-likeness (QED) is 0.845. The lowest BCUT2D eigenvalue weighted by Crippen LogP contribution is -2.40. The summed E-state index contributed by atoms with van der Waals surface area (Å²) in [6.45, 7) is 8.37. The largest absolute Gasteiger partial charge is 0.598 e. The third kappa shape index (κ3) is 3.18. The second-order valence-corrected chi connectivity index (χ2v) is 9.96. The lowest BCUT2D eigenvalue weighted by molar-refractivity contribution is 0.282. The van der Waals surface area contributed by atoms with Crippen molar-refractivity contribution in [3.05, 3.63) is 41.5 Å². The molecular formula is C19H25N3O2S. The highest BCUT2D eigenvalue weighted by Gasteiger charge is 2.32. The van der Waals surface area contributed by atoms with E-state index in [1.165, 1.54) is 18.4 Å². The third-order valence-electron chi connectivity index (χ3n) is 4.81. The van der Waals surface area contributed by atoms with Crippen molar-refractivity contribution in [2.24, 2.45) is 0 Å². The number of hydrogen-bond donors (Lipinski definition) is 1. The summed E-state index contributed by atoms with van der Waals surface area (Å²) in [4.78, 5) is 4.59. The van der Waals surface area contributed by atoms with Crippen molar-refractivity contribution in [1.82, 2.24) is 14.3 Å². The number of ether oxygens (including phenoxy) is 1. The number of nitrogens with zero attached hydrogens (tertiary/aromatic N) is 2. The highest BCUT2D eigenvalue weighted by atomic mass is 32.2. The van der Waals surface area contributed by atoms with Crippen LogP contribution in [0.1, 0.15) is 69.4 Å². The second-order valence-electron chi connectivity index (χ2n) is 7.96. The van der Waals surface area contributed by atoms with Crippen molar-refractivity contribution >= 4 is 11.4 Å². The molecule has 4 rings (SSSR count). The van der Waals surface area contributed by atoms with Crippen LogP contribution >= 0.6 is 0 Å². The van der Waals surface area contributed by atoms with Crippen LogP contribution in [0.5, 0.6) is 5.75 Å². The molecule has 1 N–H and O–H groups in total. The van der Waals surface area contributed by atoms with E-state index < -0.39 is 11.4 Å². The van der Waals surface area contributed by atoms with E-state index in [-0.39, 0.29) is 10.8 Å². The van der Waals surface area contributed by atoms with Crippen molar-refractivity contribution in [1.29, 1.82) is 0 Å². The van der Waals surface area contributed by atoms with Gasteiger partial charge in [-0.3, -0.25) is 4.57 Å². The highest BCUT2D eigenvalue weighted by molar-refractivity contribution is 7.90. The van der Waals surface area contributed by atoms with E-state index in [4.69, 9.17) is 4.74 Å². The summed E-state index contributed by atoms with van der Waals surface area (Å²) in [6.07, 6.45) is 4.42. The molecule has 0 spiro atoms. The Bertz CT molecular complexity index is 792. The summed E-state index contributed by atoms with van der Waals surface area (Å²) in [5.74, 6) is 1.64. The Labute approximate surface area is 152 Å². The van der Waals surface area contributed by atoms with Gasteiger partial charge in [0.2, 0.25) is 0 Å². The molecule has 1 aliphatic carbocycles. The Kier molecular flexibility index (Phi) is 4.09. The van der Waals surface area contributed by atoms with E-state index in [1.807, 2.05) is 34.0 Å². The van der Waals surface area contributed by atoms with Gasteiger partial charge >= 0.3 is 0 Å². The summed E-state index contributed by atoms with van der Waals surface area (Å²) in [7, 11) is 0. The van der Waals surface area contributed by atoms with E-state index in [0.29, 0.717) is 12.5 Å². The Hall–Kier alpha value is -1.50. The number of nitrogens with one attached hydrogen (secondary N) is 1. The van der Waals surface area contributed by atoms with E-state index in [1.54, 1.807) is 0 Å². The smallest absolute Gasteiger partial charge is 0.144 e. The topological polar surface area (TPSA) is 62.1 Å². The standard InChI is InChI=1S/C19H25N3O2S/c1-12(21-25(23)19(2,3)4)18-16-10-24-17-9-14(13-5-6-13)7-8-15(17)22(16)11-20-18/h7-9,11-13,21H,5-6,10H2,1-4H3/t12-,25-/m0/s1. The maximum Gasteiger partial charge on any atom is 0.144 e. The number of imidazole rings is 1. The van der Waals surface area contributed by atoms with Crippen molar-refractivity contribution < 1.29 is 9.29 Å². The van der Waals surface area contributed by atoms with E-state index in [0.717, 1.165) is 22.8 Å². The molecule has 2 aromatic rings. The summed E-state index contributed by atoms with van der Waals surface area (Å²) in [5.41, 5.74) is 4.33. The third-order valence-corrected chi connectivity index (χ3v) is 6.49. The van der Waals surface area contributed by atoms with Crippen LogP contribution in [0.25, 0.3) is 5.69 Å². The average molecular weight is 359 g/mol. The second kappa shape index (κ2) is 6.04. The maximum absolute atomic E-state index is 12.4. The normalized spacial score (nSPS) is 18.9. The van der Waals surface area contributed by atoms with Gasteiger partial charge < -0.3 is 9.29 Å². The minimum Gasteiger partial charge on any atom is -0.598 e. The number of rotatable bonds is 4. The summed E-state index contributed by atoms with van der Waals surface area (Å²) in [5, 5.41) is 0. The summed E-state index contributed by atoms with van der Waals surface area (Å²) in [6, 6.07) is 6.39. The summed E-state index contributed by atoms with van der Waals surface area (Å²) < 4.78 is 23.4. The molecule has 2 atom stereocenters. The lowest BCUT2D eigenvalue weighted by atomic mass is 10.1. The first-order valence-electron chi connectivity index (χ1n) is 8.86. The molecule has 134 valence electrons. The van der Waals surface area contributed by atoms with Gasteiger partial charge in [0, 0.05) is 11.4 Å². The minimum atomic E-state index is -1.14. The number of benzene rings is 1. The monoisotopic (exact) mass is 359 g/mol. The fourth-order valence-corrected chi connectivity index (χ4v) is 3.94. The first-order valence-corrected chi connectivity index (χ1v) is 10.0. The van der Waals surface area contributed by atoms with Crippen molar-refractivity contribution in [2.45, 2.75) is 63.9 Å². The van der Waals surface area contributed by atoms with E-state index in [9.17, 15) is 4.55 Å². The van der Waals surface area contributed by atoms with Crippen LogP contribution in [0.15, 0.2) is 24.5 Å². The highest BCUT2D eigenvalue weighted by Crippen LogP contribution is 2.43. The fraction of sp³-hybridized carbons (Fsp3) is 0.526. The molecule has 5 nitrogen and oxygen atoms in total. The number of aromatic nitrogens is 2. The zero-order valence-corrected chi connectivity index (χ0v) is 16.0. The molecule has 1 aromatic heterocycles. The molecule has 2 heterocycles. The van der Waals surface area contributed by atoms with Gasteiger partial charge in [0.15, 0.2) is 0 Å². The van der Waals surface area contributed by atoms with Gasteiger partial charge in [0.1, 0.15) is 23.4 Å². The molecule has 0 saturated heterocycles. The molecule has 0 radical (unpaired) electrons. The Morgan fingerprint density at radius 1 is 1.36 bits per heavy atom.